The van der Waals surface area contributed by atoms with E-state index < -0.39 is 359 Å². The average molecular weight is 1670 g/mol. The molecule has 0 bridgehead atoms. The van der Waals surface area contributed by atoms with Crippen molar-refractivity contribution in [2.24, 2.45) is 0 Å². The van der Waals surface area contributed by atoms with E-state index >= 15 is 0 Å². The van der Waals surface area contributed by atoms with Crippen molar-refractivity contribution in [3.05, 3.63) is 0 Å². The normalized spacial score (nSPS) is 45.3. The van der Waals surface area contributed by atoms with Gasteiger partial charge in [0.1, 0.15) is 207 Å². The van der Waals surface area contributed by atoms with Crippen LogP contribution >= 0.6 is 0 Å². The molecule has 8 aliphatic heterocycles. The van der Waals surface area contributed by atoms with Gasteiger partial charge < -0.3 is 225 Å². The summed E-state index contributed by atoms with van der Waals surface area (Å²) < 4.78 is 94.3. The lowest BCUT2D eigenvalue weighted by molar-refractivity contribution is -0.390. The van der Waals surface area contributed by atoms with Crippen molar-refractivity contribution in [1.29, 1.82) is 0 Å². The number of carbonyl (C=O) groups is 5. The van der Waals surface area contributed by atoms with Crippen LogP contribution in [0, 0.1) is 0 Å². The van der Waals surface area contributed by atoms with Crippen LogP contribution in [-0.4, -0.2) is 481 Å². The van der Waals surface area contributed by atoms with E-state index in [1.165, 1.54) is 6.92 Å². The van der Waals surface area contributed by atoms with Crippen molar-refractivity contribution in [2.45, 2.75) is 311 Å². The van der Waals surface area contributed by atoms with E-state index in [-0.39, 0.29) is 0 Å². The second-order valence-electron chi connectivity index (χ2n) is 28.7. The minimum atomic E-state index is -2.56. The smallest absolute Gasteiger partial charge is 0.217 e. The van der Waals surface area contributed by atoms with Crippen LogP contribution in [0.1, 0.15) is 41.5 Å². The Bertz CT molecular complexity index is 3030. The first-order valence-electron chi connectivity index (χ1n) is 36.4. The van der Waals surface area contributed by atoms with Crippen molar-refractivity contribution >= 4 is 29.5 Å². The molecule has 0 aromatic rings. The molecular weight excluding hydrogens is 1560 g/mol. The van der Waals surface area contributed by atoms with Gasteiger partial charge in [0, 0.05) is 34.6 Å². The Balaban J connectivity index is 1.10. The van der Waals surface area contributed by atoms with Gasteiger partial charge in [-0.1, -0.05) is 0 Å². The van der Waals surface area contributed by atoms with E-state index in [1.807, 2.05) is 0 Å². The molecule has 5 amide bonds. The third-order valence-corrected chi connectivity index (χ3v) is 20.4. The molecule has 8 fully saturated rings. The van der Waals surface area contributed by atoms with Crippen molar-refractivity contribution in [3.8, 4) is 0 Å². The van der Waals surface area contributed by atoms with Crippen LogP contribution in [0.5, 0.6) is 0 Å². The molecule has 8 rings (SSSR count). The average Bonchev–Trinajstić information content (AvgIpc) is 0.766. The second-order valence-corrected chi connectivity index (χ2v) is 28.7. The lowest BCUT2D eigenvalue weighted by Crippen LogP contribution is -2.70. The topological polar surface area (TPSA) is 779 Å². The zero-order valence-electron chi connectivity index (χ0n) is 62.1. The summed E-state index contributed by atoms with van der Waals surface area (Å²) in [7, 11) is 0. The van der Waals surface area contributed by atoms with Crippen molar-refractivity contribution < 1.29 is 222 Å². The monoisotopic (exact) mass is 1670 g/mol. The SMILES string of the molecule is CC(=O)N[C@H]1[C@H](OC[C@H]2O[C@@H](O[C@@H]([C@@H](O)[C@H](O)CO[C@@H]3O[C@H](CO)[C@@H](O)[C@H](O)[C@H]3NC(C)=O)[C@H](CO)NC(C)=O)[C@H](O)[C@@H](O[C@@H]3O[C@H](CO)[C@@H](O[C@@H]4O[C@H](CO)[C@H](O)[C@H](O)[C@H]4O[C@@H]4O[C@@H](C)[C@@H](O)[C@@H](O)[C@@H]4O)[C@H](O)[C@H]3NC(C)=O)[C@H]2O)O[C@H](CO)[C@@H](O[C@@H]2O[C@H](CO)[C@H](O[C@H]3O[C@H](CO)[C@@H](O)[C@H](O)[C@H]3NC(C)=O)[C@H](O)[C@H]2O)[C@@H]1O. The number of amides is 5. The summed E-state index contributed by atoms with van der Waals surface area (Å²) in [4.78, 5) is 63.4. The number of hydrogen-bond donors (Lipinski definition) is 29. The van der Waals surface area contributed by atoms with E-state index in [1.54, 1.807) is 0 Å². The van der Waals surface area contributed by atoms with Crippen LogP contribution in [0.15, 0.2) is 0 Å². The summed E-state index contributed by atoms with van der Waals surface area (Å²) in [6.45, 7) is -3.70. The Hall–Kier alpha value is -4.25. The maximum Gasteiger partial charge on any atom is 0.217 e. The Kier molecular flexibility index (Phi) is 35.3. The molecule has 8 aliphatic rings. The van der Waals surface area contributed by atoms with Gasteiger partial charge in [0.2, 0.25) is 29.5 Å². The molecule has 44 atom stereocenters. The predicted molar refractivity (Wildman–Crippen MR) is 356 cm³/mol. The number of aliphatic hydroxyl groups excluding tert-OH is 24. The molecular formula is C64H109N5O45. The van der Waals surface area contributed by atoms with Gasteiger partial charge >= 0.3 is 0 Å². The molecule has 50 heteroatoms. The summed E-state index contributed by atoms with van der Waals surface area (Å²) in [5.74, 6) is -4.48. The zero-order chi connectivity index (χ0) is 84.5. The summed E-state index contributed by atoms with van der Waals surface area (Å²) in [5.41, 5.74) is 0. The molecule has 0 aromatic carbocycles. The van der Waals surface area contributed by atoms with E-state index in [2.05, 4.69) is 26.6 Å². The maximum atomic E-state index is 13.2. The first kappa shape index (κ1) is 95.2. The fourth-order valence-electron chi connectivity index (χ4n) is 14.3. The fraction of sp³-hybridized carbons (Fsp3) is 0.922. The van der Waals surface area contributed by atoms with E-state index in [4.69, 9.17) is 75.8 Å². The van der Waals surface area contributed by atoms with Crippen LogP contribution in [0.2, 0.25) is 0 Å². The highest BCUT2D eigenvalue weighted by Gasteiger charge is 2.60. The Morgan fingerprint density at radius 2 is 0.675 bits per heavy atom. The molecule has 0 spiro atoms. The van der Waals surface area contributed by atoms with Gasteiger partial charge in [-0.15, -0.1) is 0 Å². The van der Waals surface area contributed by atoms with E-state index in [0.29, 0.717) is 0 Å². The standard InChI is InChI=1S/C64H109N5O45/c1-16-35(83)45(93)48(96)61(101-16)114-56-46(94)39(87)26(10-73)104-64(56)112-53-28(12-75)106-60(34(44(53)92)69-21(6)81)113-55-40(88)30(108-63(50(55)98)109-51(22(7-70)65-17(2)77)36(84)23(82)14-99-57-31(66-18(3)78)41(89)37(85)24(8-71)102-57)15-100-58-33(68-20(5)80)43(91)52(27(11-74)105-58)111-62-49(97)47(95)54(29(13-76)107-62)110-59-32(67-19(4)79)42(90)38(86)25(9-72)103-59/h16,22-64,70-76,82-98H,7-15H2,1-6H3,(H,65,77)(H,66,78)(H,67,79)(H,68,80)(H,69,81)/t16-,22-,23+,24+,25+,26+,27+,28+,29+,30+,31+,32+,33+,34+,35+,36-,37+,38+,39-,40-,41+,42+,43+,44+,45+,46-,47+,48-,49+,50+,51+,52+,53+,54-,55-,56+,57+,58+,59+,60-,61-,62-,63-,64-/m0/s1. The predicted octanol–water partition coefficient (Wildman–Crippen LogP) is -19.2. The quantitative estimate of drug-likeness (QED) is 0.0290. The third-order valence-electron chi connectivity index (χ3n) is 20.4. The van der Waals surface area contributed by atoms with Crippen LogP contribution in [0.4, 0.5) is 0 Å². The summed E-state index contributed by atoms with van der Waals surface area (Å²) in [5, 5.41) is 279. The van der Waals surface area contributed by atoms with Crippen LogP contribution in [0.25, 0.3) is 0 Å². The first-order chi connectivity index (χ1) is 53.8. The minimum Gasteiger partial charge on any atom is -0.394 e. The van der Waals surface area contributed by atoms with Gasteiger partial charge in [-0.05, 0) is 6.92 Å². The van der Waals surface area contributed by atoms with Gasteiger partial charge in [0.05, 0.1) is 71.6 Å². The third kappa shape index (κ3) is 22.1. The molecule has 29 N–H and O–H groups in total. The number of carbonyl (C=O) groups excluding carboxylic acids is 5. The Labute approximate surface area is 647 Å². The highest BCUT2D eigenvalue weighted by molar-refractivity contribution is 5.75. The van der Waals surface area contributed by atoms with Crippen LogP contribution in [0.3, 0.4) is 0 Å². The highest BCUT2D eigenvalue weighted by atomic mass is 16.8. The summed E-state index contributed by atoms with van der Waals surface area (Å²) in [6, 6.07) is -9.07. The molecule has 0 unspecified atom stereocenters. The van der Waals surface area contributed by atoms with Gasteiger partial charge in [0.25, 0.3) is 0 Å². The minimum absolute atomic E-state index is 0.775. The lowest BCUT2D eigenvalue weighted by atomic mass is 9.94. The Morgan fingerprint density at radius 1 is 0.325 bits per heavy atom. The largest absolute Gasteiger partial charge is 0.394 e. The molecule has 8 saturated heterocycles. The van der Waals surface area contributed by atoms with Gasteiger partial charge in [0.15, 0.2) is 50.3 Å². The summed E-state index contributed by atoms with van der Waals surface area (Å²) in [6.07, 6.45) is -79.0. The summed E-state index contributed by atoms with van der Waals surface area (Å²) >= 11 is 0. The fourth-order valence-corrected chi connectivity index (χ4v) is 14.3. The molecule has 0 aliphatic carbocycles. The van der Waals surface area contributed by atoms with Crippen LogP contribution in [-0.2, 0) is 99.8 Å². The van der Waals surface area contributed by atoms with Gasteiger partial charge in [-0.25, -0.2) is 0 Å². The van der Waals surface area contributed by atoms with Crippen LogP contribution < -0.4 is 26.6 Å². The molecule has 50 nitrogen and oxygen atoms in total. The molecule has 8 heterocycles. The number of ether oxygens (including phenoxy) is 16. The van der Waals surface area contributed by atoms with E-state index in [9.17, 15) is 147 Å². The molecule has 0 aromatic heterocycles. The number of rotatable bonds is 33. The van der Waals surface area contributed by atoms with Gasteiger partial charge in [-0.2, -0.15) is 0 Å². The van der Waals surface area contributed by atoms with Crippen molar-refractivity contribution in [3.63, 3.8) is 0 Å². The maximum absolute atomic E-state index is 13.2. The molecule has 114 heavy (non-hydrogen) atoms. The van der Waals surface area contributed by atoms with E-state index in [0.717, 1.165) is 34.6 Å². The second kappa shape index (κ2) is 42.3. The first-order valence-corrected chi connectivity index (χ1v) is 36.4. The molecule has 0 radical (unpaired) electrons. The van der Waals surface area contributed by atoms with Crippen molar-refractivity contribution in [1.82, 2.24) is 26.6 Å². The van der Waals surface area contributed by atoms with Gasteiger partial charge in [-0.3, -0.25) is 24.0 Å². The zero-order valence-corrected chi connectivity index (χ0v) is 62.1. The molecule has 0 saturated carbocycles. The lowest BCUT2D eigenvalue weighted by Gasteiger charge is -2.50. The number of hydrogen-bond acceptors (Lipinski definition) is 45. The molecule has 660 valence electrons. The Morgan fingerprint density at radius 3 is 1.16 bits per heavy atom. The number of nitrogens with one attached hydrogen (secondary N) is 5. The number of aliphatic hydroxyl groups is 24. The highest BCUT2D eigenvalue weighted by Crippen LogP contribution is 2.39. The van der Waals surface area contributed by atoms with Crippen molar-refractivity contribution in [2.75, 3.05) is 59.5 Å².